The van der Waals surface area contributed by atoms with E-state index in [-0.39, 0.29) is 17.9 Å². The molecule has 0 radical (unpaired) electrons. The first-order chi connectivity index (χ1) is 24.8. The Kier molecular flexibility index (Phi) is 13.0. The van der Waals surface area contributed by atoms with Crippen molar-refractivity contribution in [3.8, 4) is 0 Å². The second kappa shape index (κ2) is 14.9. The Labute approximate surface area is 366 Å². The summed E-state index contributed by atoms with van der Waals surface area (Å²) in [6, 6.07) is 0. The van der Waals surface area contributed by atoms with Gasteiger partial charge in [-0.1, -0.05) is 65.5 Å². The smallest absolute Gasteiger partial charge is 0.322 e. The van der Waals surface area contributed by atoms with Crippen molar-refractivity contribution in [2.24, 2.45) is 27.6 Å². The van der Waals surface area contributed by atoms with Crippen molar-refractivity contribution < 1.29 is 44.2 Å². The molecule has 0 spiro atoms. The monoisotopic (exact) mass is 1020 g/mol. The Morgan fingerprint density at radius 3 is 1.29 bits per heavy atom. The van der Waals surface area contributed by atoms with Crippen LogP contribution in [0, 0.1) is 27.6 Å². The fourth-order valence-corrected chi connectivity index (χ4v) is 12.0. The van der Waals surface area contributed by atoms with Crippen LogP contribution in [0.4, 0.5) is 0 Å². The van der Waals surface area contributed by atoms with Crippen LogP contribution in [-0.2, 0) is 28.8 Å². The number of carbonyl (C=O) groups excluding carboxylic acids is 2. The Balaban J connectivity index is 1.70. The molecule has 4 saturated carbocycles. The van der Waals surface area contributed by atoms with Gasteiger partial charge in [-0.15, -0.1) is 0 Å². The maximum Gasteiger partial charge on any atom is 0.322 e. The van der Waals surface area contributed by atoms with Crippen LogP contribution in [0.3, 0.4) is 0 Å². The zero-order valence-electron chi connectivity index (χ0n) is 37.8. The standard InChI is InChI=1S/C45H78I2O9/c1-17-40(15,46)31(48)53-38(13)24-42(34(5,6)50)20-19-21-43(25-38,28-42)37(11,12)56-55-33(3,4)30-22-44(35(7,8)51)26-39(14,54-32(49)41(16,47)18-2)27-45(23-30,29-44)36(9,10)52/h30,50-52H,17-29H2,1-16H3. The normalized spacial score (nSPS) is 37.9. The summed E-state index contributed by atoms with van der Waals surface area (Å²) in [6.07, 6.45) is 8.36. The lowest BCUT2D eigenvalue weighted by Crippen LogP contribution is -2.67. The minimum absolute atomic E-state index is 0.136. The van der Waals surface area contributed by atoms with Gasteiger partial charge in [0.2, 0.25) is 0 Å². The molecule has 4 aliphatic carbocycles. The number of esters is 2. The topological polar surface area (TPSA) is 132 Å². The van der Waals surface area contributed by atoms with E-state index in [1.165, 1.54) is 0 Å². The summed E-state index contributed by atoms with van der Waals surface area (Å²) in [5.74, 6) is -0.638. The number of fused-ring (bicyclic) bond motifs is 4. The summed E-state index contributed by atoms with van der Waals surface area (Å²) in [7, 11) is 0. The van der Waals surface area contributed by atoms with Crippen LogP contribution in [0.2, 0.25) is 0 Å². The van der Waals surface area contributed by atoms with E-state index in [2.05, 4.69) is 59.0 Å². The summed E-state index contributed by atoms with van der Waals surface area (Å²) in [4.78, 5) is 40.8. The van der Waals surface area contributed by atoms with Gasteiger partial charge in [0.15, 0.2) is 0 Å². The molecule has 11 heteroatoms. The third-order valence-electron chi connectivity index (χ3n) is 16.3. The lowest BCUT2D eigenvalue weighted by atomic mass is 9.41. The van der Waals surface area contributed by atoms with Gasteiger partial charge in [0.05, 0.1) is 16.8 Å². The molecule has 9 nitrogen and oxygen atoms in total. The number of hydrogen-bond acceptors (Lipinski definition) is 9. The molecule has 56 heavy (non-hydrogen) atoms. The first kappa shape index (κ1) is 48.9. The van der Waals surface area contributed by atoms with Crippen molar-refractivity contribution in [3.63, 3.8) is 0 Å². The highest BCUT2D eigenvalue weighted by molar-refractivity contribution is 14.1. The SMILES string of the molecule is CCC(C)(I)C(=O)OC1(C)CC2(C(C)(C)O)CC(C(C)(C)OOC(C)(C)C34CCCC(C(C)(C)O)(CC(C)(OC(=O)C(C)(I)CC)C3)C4)CC(C(C)(C)O)(C1)C2. The van der Waals surface area contributed by atoms with Crippen molar-refractivity contribution >= 4 is 57.1 Å². The third-order valence-corrected chi connectivity index (χ3v) is 18.7. The number of hydrogen-bond donors (Lipinski definition) is 3. The number of halogens is 2. The molecular weight excluding hydrogens is 938 g/mol. The highest BCUT2D eigenvalue weighted by Crippen LogP contribution is 2.70. The molecule has 4 fully saturated rings. The van der Waals surface area contributed by atoms with Gasteiger partial charge in [-0.3, -0.25) is 9.59 Å². The number of ether oxygens (including phenoxy) is 2. The molecule has 0 aromatic carbocycles. The van der Waals surface area contributed by atoms with Gasteiger partial charge in [-0.25, -0.2) is 9.78 Å². The van der Waals surface area contributed by atoms with Gasteiger partial charge in [-0.05, 0) is 180 Å². The number of carbonyl (C=O) groups is 2. The van der Waals surface area contributed by atoms with Crippen LogP contribution in [0.1, 0.15) is 194 Å². The number of aliphatic hydroxyl groups is 3. The Morgan fingerprint density at radius 1 is 0.571 bits per heavy atom. The quantitative estimate of drug-likeness (QED) is 0.0512. The molecule has 0 heterocycles. The van der Waals surface area contributed by atoms with Crippen LogP contribution in [-0.4, -0.2) is 73.3 Å². The summed E-state index contributed by atoms with van der Waals surface area (Å²) in [6.45, 7) is 31.2. The second-order valence-corrected chi connectivity index (χ2v) is 27.6. The Bertz CT molecular complexity index is 1450. The van der Waals surface area contributed by atoms with E-state index in [4.69, 9.17) is 19.2 Å². The van der Waals surface area contributed by atoms with E-state index in [0.717, 1.165) is 19.3 Å². The van der Waals surface area contributed by atoms with Crippen molar-refractivity contribution in [3.05, 3.63) is 0 Å². The van der Waals surface area contributed by atoms with Crippen molar-refractivity contribution in [1.29, 1.82) is 0 Å². The molecule has 7 atom stereocenters. The van der Waals surface area contributed by atoms with E-state index in [0.29, 0.717) is 64.2 Å². The van der Waals surface area contributed by atoms with Crippen LogP contribution in [0.5, 0.6) is 0 Å². The summed E-state index contributed by atoms with van der Waals surface area (Å²) < 4.78 is 11.6. The molecule has 0 amide bonds. The molecule has 0 aromatic heterocycles. The van der Waals surface area contributed by atoms with Gasteiger partial charge in [-0.2, -0.15) is 0 Å². The minimum atomic E-state index is -1.16. The van der Waals surface area contributed by atoms with E-state index in [9.17, 15) is 24.9 Å². The lowest BCUT2D eigenvalue weighted by molar-refractivity contribution is -0.441. The van der Waals surface area contributed by atoms with E-state index >= 15 is 0 Å². The van der Waals surface area contributed by atoms with Crippen LogP contribution < -0.4 is 0 Å². The Hall–Kier alpha value is 0.200. The molecule has 0 saturated heterocycles. The maximum atomic E-state index is 13.6. The molecule has 0 aromatic rings. The molecule has 7 unspecified atom stereocenters. The average molecular weight is 1020 g/mol. The molecule has 0 aliphatic heterocycles. The molecule has 4 bridgehead atoms. The first-order valence-electron chi connectivity index (χ1n) is 21.2. The molecule has 4 rings (SSSR count). The number of alkyl halides is 2. The molecule has 326 valence electrons. The first-order valence-corrected chi connectivity index (χ1v) is 23.4. The largest absolute Gasteiger partial charge is 0.458 e. The van der Waals surface area contributed by atoms with Gasteiger partial charge in [0, 0.05) is 21.7 Å². The second-order valence-electron chi connectivity index (χ2n) is 22.9. The van der Waals surface area contributed by atoms with Crippen molar-refractivity contribution in [2.45, 2.75) is 240 Å². The van der Waals surface area contributed by atoms with E-state index in [1.807, 2.05) is 96.9 Å². The maximum absolute atomic E-state index is 13.6. The zero-order valence-corrected chi connectivity index (χ0v) is 42.1. The van der Waals surface area contributed by atoms with Crippen molar-refractivity contribution in [2.75, 3.05) is 0 Å². The Morgan fingerprint density at radius 2 is 0.911 bits per heavy atom. The molecule has 4 aliphatic rings. The molecule has 3 N–H and O–H groups in total. The van der Waals surface area contributed by atoms with Crippen molar-refractivity contribution in [1.82, 2.24) is 0 Å². The molecular formula is C45H78I2O9. The summed E-state index contributed by atoms with van der Waals surface area (Å²) in [5, 5.41) is 36.1. The highest BCUT2D eigenvalue weighted by atomic mass is 127. The fourth-order valence-electron chi connectivity index (χ4n) is 11.7. The van der Waals surface area contributed by atoms with Gasteiger partial charge >= 0.3 is 11.9 Å². The predicted octanol–water partition coefficient (Wildman–Crippen LogP) is 10.5. The fraction of sp³-hybridized carbons (Fsp3) is 0.956. The van der Waals surface area contributed by atoms with Gasteiger partial charge < -0.3 is 24.8 Å². The predicted molar refractivity (Wildman–Crippen MR) is 238 cm³/mol. The van der Waals surface area contributed by atoms with Crippen LogP contribution in [0.25, 0.3) is 0 Å². The van der Waals surface area contributed by atoms with Gasteiger partial charge in [0.1, 0.15) is 29.2 Å². The number of rotatable bonds is 14. The van der Waals surface area contributed by atoms with Gasteiger partial charge in [0.25, 0.3) is 0 Å². The van der Waals surface area contributed by atoms with Crippen LogP contribution in [0.15, 0.2) is 0 Å². The van der Waals surface area contributed by atoms with Crippen LogP contribution >= 0.6 is 45.2 Å². The summed E-state index contributed by atoms with van der Waals surface area (Å²) >= 11 is 4.37. The van der Waals surface area contributed by atoms with E-state index < -0.39 is 67.7 Å². The van der Waals surface area contributed by atoms with E-state index in [1.54, 1.807) is 0 Å². The third kappa shape index (κ3) is 8.91. The lowest BCUT2D eigenvalue weighted by Gasteiger charge is -2.67. The summed E-state index contributed by atoms with van der Waals surface area (Å²) in [5.41, 5.74) is -9.17. The minimum Gasteiger partial charge on any atom is -0.458 e. The highest BCUT2D eigenvalue weighted by Gasteiger charge is 2.69. The average Bonchev–Trinajstić information content (AvgIpc) is 3.01. The zero-order chi connectivity index (χ0) is 43.3.